The van der Waals surface area contributed by atoms with Crippen LogP contribution in [0, 0.1) is 12.3 Å². The number of amides is 2. The molecule has 0 aliphatic rings. The van der Waals surface area contributed by atoms with Gasteiger partial charge in [0.15, 0.2) is 0 Å². The molecule has 35 heavy (non-hydrogen) atoms. The molecule has 188 valence electrons. The van der Waals surface area contributed by atoms with E-state index in [2.05, 4.69) is 23.2 Å². The van der Waals surface area contributed by atoms with E-state index in [1.807, 2.05) is 48.4 Å². The van der Waals surface area contributed by atoms with E-state index >= 15 is 0 Å². The van der Waals surface area contributed by atoms with Crippen LogP contribution in [0.5, 0.6) is 0 Å². The number of hydrogen-bond acceptors (Lipinski definition) is 3. The molecular weight excluding hydrogens is 462 g/mol. The average molecular weight is 498 g/mol. The van der Waals surface area contributed by atoms with E-state index in [1.165, 1.54) is 5.56 Å². The minimum atomic E-state index is -0.762. The zero-order chi connectivity index (χ0) is 25.4. The van der Waals surface area contributed by atoms with E-state index in [9.17, 15) is 9.59 Å². The van der Waals surface area contributed by atoms with Gasteiger partial charge < -0.3 is 19.5 Å². The largest absolute Gasteiger partial charge is 0.383 e. The van der Waals surface area contributed by atoms with Gasteiger partial charge in [0.2, 0.25) is 11.8 Å². The van der Waals surface area contributed by atoms with Gasteiger partial charge in [-0.3, -0.25) is 9.59 Å². The Morgan fingerprint density at radius 1 is 1.03 bits per heavy atom. The number of fused-ring (bicyclic) bond motifs is 1. The van der Waals surface area contributed by atoms with Crippen molar-refractivity contribution in [2.75, 3.05) is 39.2 Å². The maximum atomic E-state index is 13.6. The van der Waals surface area contributed by atoms with Gasteiger partial charge in [-0.15, -0.1) is 11.6 Å². The monoisotopic (exact) mass is 497 g/mol. The Hall–Kier alpha value is -2.83. The van der Waals surface area contributed by atoms with Crippen molar-refractivity contribution in [2.45, 2.75) is 33.7 Å². The third-order valence-electron chi connectivity index (χ3n) is 6.26. The van der Waals surface area contributed by atoms with Crippen LogP contribution in [0.15, 0.2) is 54.7 Å². The summed E-state index contributed by atoms with van der Waals surface area (Å²) in [7, 11) is 1.59. The normalized spacial score (nSPS) is 11.6. The lowest BCUT2D eigenvalue weighted by Crippen LogP contribution is -2.49. The summed E-state index contributed by atoms with van der Waals surface area (Å²) >= 11 is 6.06. The third-order valence-corrected chi connectivity index (χ3v) is 6.93. The quantitative estimate of drug-likeness (QED) is 0.366. The van der Waals surface area contributed by atoms with Crippen molar-refractivity contribution in [2.24, 2.45) is 5.41 Å². The van der Waals surface area contributed by atoms with Crippen LogP contribution in [0.2, 0.25) is 0 Å². The summed E-state index contributed by atoms with van der Waals surface area (Å²) in [6, 6.07) is 16.4. The molecule has 3 aromatic rings. The second-order valence-corrected chi connectivity index (χ2v) is 9.91. The van der Waals surface area contributed by atoms with Gasteiger partial charge in [-0.1, -0.05) is 48.0 Å². The lowest BCUT2D eigenvalue weighted by molar-refractivity contribution is -0.146. The van der Waals surface area contributed by atoms with Crippen molar-refractivity contribution in [1.82, 2.24) is 14.8 Å². The van der Waals surface area contributed by atoms with E-state index in [0.717, 1.165) is 22.0 Å². The number of para-hydroxylation sites is 1. The number of ether oxygens (including phenoxy) is 1. The van der Waals surface area contributed by atoms with Crippen LogP contribution in [-0.4, -0.2) is 65.8 Å². The zero-order valence-electron chi connectivity index (χ0n) is 21.1. The van der Waals surface area contributed by atoms with Crippen LogP contribution in [0.3, 0.4) is 0 Å². The number of benzene rings is 2. The highest BCUT2D eigenvalue weighted by Gasteiger charge is 2.33. The maximum absolute atomic E-state index is 13.6. The van der Waals surface area contributed by atoms with Crippen LogP contribution in [0.4, 0.5) is 0 Å². The molecule has 0 fully saturated rings. The topological polar surface area (TPSA) is 65.6 Å². The number of nitrogens with one attached hydrogen (secondary N) is 1. The molecular formula is C28H36ClN3O3. The minimum Gasteiger partial charge on any atom is -0.383 e. The van der Waals surface area contributed by atoms with Crippen molar-refractivity contribution in [3.8, 4) is 0 Å². The van der Waals surface area contributed by atoms with E-state index in [4.69, 9.17) is 16.3 Å². The minimum absolute atomic E-state index is 0.0116. The second-order valence-electron chi connectivity index (χ2n) is 9.65. The van der Waals surface area contributed by atoms with Gasteiger partial charge in [0, 0.05) is 49.7 Å². The molecule has 2 amide bonds. The van der Waals surface area contributed by atoms with Crippen molar-refractivity contribution < 1.29 is 14.3 Å². The molecule has 0 saturated carbocycles. The number of aromatic amines is 1. The molecule has 0 atom stereocenters. The first kappa shape index (κ1) is 26.8. The second kappa shape index (κ2) is 12.2. The van der Waals surface area contributed by atoms with Gasteiger partial charge in [-0.05, 0) is 44.4 Å². The predicted octanol–water partition coefficient (Wildman–Crippen LogP) is 4.79. The van der Waals surface area contributed by atoms with Crippen molar-refractivity contribution in [3.63, 3.8) is 0 Å². The molecule has 0 aliphatic heterocycles. The highest BCUT2D eigenvalue weighted by Crippen LogP contribution is 2.22. The Bertz CT molecular complexity index is 1120. The number of aryl methyl sites for hydroxylation is 1. The van der Waals surface area contributed by atoms with Crippen LogP contribution in [0.25, 0.3) is 10.9 Å². The van der Waals surface area contributed by atoms with Gasteiger partial charge in [-0.25, -0.2) is 0 Å². The predicted molar refractivity (Wildman–Crippen MR) is 142 cm³/mol. The van der Waals surface area contributed by atoms with Crippen LogP contribution in [0.1, 0.15) is 30.5 Å². The number of rotatable bonds is 12. The number of alkyl halides is 1. The summed E-state index contributed by atoms with van der Waals surface area (Å²) < 4.78 is 5.20. The molecule has 3 rings (SSSR count). The van der Waals surface area contributed by atoms with Gasteiger partial charge in [0.25, 0.3) is 0 Å². The highest BCUT2D eigenvalue weighted by molar-refractivity contribution is 6.19. The first-order chi connectivity index (χ1) is 16.7. The van der Waals surface area contributed by atoms with Gasteiger partial charge in [0.1, 0.15) is 0 Å². The summed E-state index contributed by atoms with van der Waals surface area (Å²) in [6.07, 6.45) is 2.72. The molecule has 0 bridgehead atoms. The number of hydrogen-bond donors (Lipinski definition) is 1. The fraction of sp³-hybridized carbons (Fsp3) is 0.429. The molecule has 0 spiro atoms. The Kier molecular flexibility index (Phi) is 9.35. The first-order valence-electron chi connectivity index (χ1n) is 12.0. The SMILES string of the molecule is COCCN(CC(=O)N(CCc1c[nH]c2ccccc12)Cc1ccc(C)cc1)C(=O)C(C)(C)CCl. The van der Waals surface area contributed by atoms with Crippen molar-refractivity contribution >= 4 is 34.3 Å². The molecule has 0 unspecified atom stereocenters. The lowest BCUT2D eigenvalue weighted by Gasteiger charge is -2.32. The van der Waals surface area contributed by atoms with Crippen molar-refractivity contribution in [3.05, 3.63) is 71.4 Å². The lowest BCUT2D eigenvalue weighted by atomic mass is 9.94. The maximum Gasteiger partial charge on any atom is 0.242 e. The van der Waals surface area contributed by atoms with E-state index < -0.39 is 5.41 Å². The molecule has 1 heterocycles. The smallest absolute Gasteiger partial charge is 0.242 e. The molecule has 7 heteroatoms. The van der Waals surface area contributed by atoms with Crippen molar-refractivity contribution in [1.29, 1.82) is 0 Å². The van der Waals surface area contributed by atoms with E-state index in [0.29, 0.717) is 32.7 Å². The molecule has 0 saturated heterocycles. The standard InChI is InChI=1S/C28H36ClN3O3/c1-21-9-11-22(12-10-21)18-31(14-13-23-17-30-25-8-6-5-7-24(23)25)26(33)19-32(15-16-35-4)27(34)28(2,3)20-29/h5-12,17,30H,13-16,18-20H2,1-4H3. The average Bonchev–Trinajstić information content (AvgIpc) is 3.28. The molecule has 1 aromatic heterocycles. The van der Waals surface area contributed by atoms with Crippen LogP contribution < -0.4 is 0 Å². The fourth-order valence-corrected chi connectivity index (χ4v) is 4.12. The zero-order valence-corrected chi connectivity index (χ0v) is 21.9. The molecule has 0 radical (unpaired) electrons. The number of carbonyl (C=O) groups is 2. The number of carbonyl (C=O) groups excluding carboxylic acids is 2. The molecule has 1 N–H and O–H groups in total. The van der Waals surface area contributed by atoms with Gasteiger partial charge >= 0.3 is 0 Å². The summed E-state index contributed by atoms with van der Waals surface area (Å²) in [4.78, 5) is 33.5. The number of aromatic nitrogens is 1. The Balaban J connectivity index is 1.80. The fourth-order valence-electron chi connectivity index (χ4n) is 4.00. The molecule has 0 aliphatic carbocycles. The summed E-state index contributed by atoms with van der Waals surface area (Å²) in [6.45, 7) is 7.34. The number of methoxy groups -OCH3 is 1. The highest BCUT2D eigenvalue weighted by atomic mass is 35.5. The summed E-state index contributed by atoms with van der Waals surface area (Å²) in [5.41, 5.74) is 3.71. The Morgan fingerprint density at radius 3 is 2.43 bits per heavy atom. The van der Waals surface area contributed by atoms with Crippen LogP contribution in [-0.2, 0) is 27.3 Å². The number of halogens is 1. The van der Waals surface area contributed by atoms with Crippen LogP contribution >= 0.6 is 11.6 Å². The van der Waals surface area contributed by atoms with Gasteiger partial charge in [0.05, 0.1) is 18.6 Å². The first-order valence-corrected chi connectivity index (χ1v) is 12.5. The third kappa shape index (κ3) is 7.09. The number of nitrogens with zero attached hydrogens (tertiary/aromatic N) is 2. The Morgan fingerprint density at radius 2 is 1.74 bits per heavy atom. The molecule has 2 aromatic carbocycles. The number of H-pyrrole nitrogens is 1. The van der Waals surface area contributed by atoms with Gasteiger partial charge in [-0.2, -0.15) is 0 Å². The van der Waals surface area contributed by atoms with E-state index in [1.54, 1.807) is 25.9 Å². The van der Waals surface area contributed by atoms with E-state index in [-0.39, 0.29) is 24.2 Å². The molecule has 6 nitrogen and oxygen atoms in total. The Labute approximate surface area is 213 Å². The summed E-state index contributed by atoms with van der Waals surface area (Å²) in [5.74, 6) is -0.0676. The summed E-state index contributed by atoms with van der Waals surface area (Å²) in [5, 5.41) is 1.16.